The van der Waals surface area contributed by atoms with Crippen LogP contribution in [0.1, 0.15) is 20.7 Å². The molecule has 0 radical (unpaired) electrons. The number of ketones is 2. The summed E-state index contributed by atoms with van der Waals surface area (Å²) in [5.41, 5.74) is 2.68. The Balaban J connectivity index is 1.95. The van der Waals surface area contributed by atoms with E-state index >= 15 is 0 Å². The number of rotatable bonds is 0. The van der Waals surface area contributed by atoms with E-state index in [-0.39, 0.29) is 0 Å². The Morgan fingerprint density at radius 3 is 2.00 bits per heavy atom. The predicted octanol–water partition coefficient (Wildman–Crippen LogP) is 5.04. The molecule has 0 spiro atoms. The lowest BCUT2D eigenvalue weighted by molar-refractivity contribution is 0.0815. The molecule has 0 heterocycles. The van der Waals surface area contributed by atoms with Gasteiger partial charge in [-0.15, -0.1) is 0 Å². The van der Waals surface area contributed by atoms with Crippen LogP contribution >= 0.6 is 0 Å². The molecule has 5 rings (SSSR count). The minimum absolute atomic E-state index is 0.418. The van der Waals surface area contributed by atoms with E-state index < -0.39 is 11.6 Å². The van der Waals surface area contributed by atoms with Crippen LogP contribution in [0.25, 0.3) is 32.7 Å². The van der Waals surface area contributed by atoms with Crippen LogP contribution in [-0.2, 0) is 0 Å². The van der Waals surface area contributed by atoms with Crippen LogP contribution < -0.4 is 0 Å². The zero-order valence-corrected chi connectivity index (χ0v) is 12.7. The van der Waals surface area contributed by atoms with E-state index in [9.17, 15) is 9.59 Å². The summed E-state index contributed by atoms with van der Waals surface area (Å²) in [7, 11) is 0. The van der Waals surface area contributed by atoms with Gasteiger partial charge in [0.25, 0.3) is 0 Å². The number of hydrogen-bond donors (Lipinski definition) is 0. The molecule has 0 N–H and O–H groups in total. The van der Waals surface area contributed by atoms with E-state index in [4.69, 9.17) is 0 Å². The minimum atomic E-state index is -0.418. The lowest BCUT2D eigenvalue weighted by Crippen LogP contribution is -2.21. The molecule has 0 aliphatic heterocycles. The zero-order chi connectivity index (χ0) is 16.3. The summed E-state index contributed by atoms with van der Waals surface area (Å²) in [6, 6.07) is 23.5. The van der Waals surface area contributed by atoms with Crippen molar-refractivity contribution in [1.29, 1.82) is 0 Å². The molecule has 0 bridgehead atoms. The molecule has 4 aromatic carbocycles. The highest BCUT2D eigenvalue weighted by atomic mass is 16.2. The lowest BCUT2D eigenvalue weighted by atomic mass is 9.82. The van der Waals surface area contributed by atoms with Crippen molar-refractivity contribution in [2.45, 2.75) is 0 Å². The summed E-state index contributed by atoms with van der Waals surface area (Å²) in [4.78, 5) is 24.9. The highest BCUT2D eigenvalue weighted by Crippen LogP contribution is 2.37. The van der Waals surface area contributed by atoms with Crippen LogP contribution in [0, 0.1) is 0 Å². The Morgan fingerprint density at radius 1 is 0.458 bits per heavy atom. The molecule has 2 nitrogen and oxygen atoms in total. The van der Waals surface area contributed by atoms with Gasteiger partial charge in [0.2, 0.25) is 11.6 Å². The van der Waals surface area contributed by atoms with E-state index in [2.05, 4.69) is 18.2 Å². The first-order valence-electron chi connectivity index (χ1n) is 7.88. The smallest absolute Gasteiger partial charge is 0.234 e. The number of hydrogen-bond acceptors (Lipinski definition) is 2. The maximum atomic E-state index is 12.5. The molecule has 1 aliphatic rings. The summed E-state index contributed by atoms with van der Waals surface area (Å²) in [5, 5.41) is 4.40. The summed E-state index contributed by atoms with van der Waals surface area (Å²) in [5.74, 6) is -0.836. The quantitative estimate of drug-likeness (QED) is 0.337. The molecule has 0 fully saturated rings. The highest BCUT2D eigenvalue weighted by Gasteiger charge is 2.30. The Kier molecular flexibility index (Phi) is 2.54. The SMILES string of the molecule is O=C1C(=O)c2cc3ccc4ccccc4c3cc2-c2ccccc21. The minimum Gasteiger partial charge on any atom is -0.285 e. The maximum absolute atomic E-state index is 12.5. The third-order valence-electron chi connectivity index (χ3n) is 4.80. The largest absolute Gasteiger partial charge is 0.285 e. The second kappa shape index (κ2) is 4.62. The van der Waals surface area contributed by atoms with Crippen molar-refractivity contribution < 1.29 is 9.59 Å². The standard InChI is InChI=1S/C22H12O2/c23-21-17-8-4-3-7-16(17)19-12-18-14(11-20(19)22(21)24)10-9-13-5-1-2-6-15(13)18/h1-12H. The van der Waals surface area contributed by atoms with Gasteiger partial charge in [0, 0.05) is 11.1 Å². The van der Waals surface area contributed by atoms with Gasteiger partial charge in [-0.1, -0.05) is 60.7 Å². The normalized spacial score (nSPS) is 13.2. The molecule has 0 aromatic heterocycles. The molecule has 4 aromatic rings. The maximum Gasteiger partial charge on any atom is 0.234 e. The van der Waals surface area contributed by atoms with E-state index in [1.165, 1.54) is 0 Å². The molecule has 2 heteroatoms. The van der Waals surface area contributed by atoms with Crippen LogP contribution in [0.2, 0.25) is 0 Å². The van der Waals surface area contributed by atoms with Crippen molar-refractivity contribution in [2.24, 2.45) is 0 Å². The summed E-state index contributed by atoms with van der Waals surface area (Å²) in [6.45, 7) is 0. The Labute approximate surface area is 138 Å². The molecular formula is C22H12O2. The zero-order valence-electron chi connectivity index (χ0n) is 12.7. The van der Waals surface area contributed by atoms with Gasteiger partial charge in [-0.05, 0) is 44.8 Å². The second-order valence-corrected chi connectivity index (χ2v) is 6.11. The molecule has 112 valence electrons. The first kappa shape index (κ1) is 13.2. The first-order chi connectivity index (χ1) is 11.7. The van der Waals surface area contributed by atoms with E-state index in [1.807, 2.05) is 42.5 Å². The summed E-state index contributed by atoms with van der Waals surface area (Å²) < 4.78 is 0. The molecule has 0 saturated carbocycles. The topological polar surface area (TPSA) is 34.1 Å². The fraction of sp³-hybridized carbons (Fsp3) is 0. The third-order valence-corrected chi connectivity index (χ3v) is 4.80. The molecule has 0 atom stereocenters. The van der Waals surface area contributed by atoms with Crippen LogP contribution in [-0.4, -0.2) is 11.6 Å². The Hall–Kier alpha value is -3.26. The van der Waals surface area contributed by atoms with Crippen LogP contribution in [0.3, 0.4) is 0 Å². The van der Waals surface area contributed by atoms with Crippen molar-refractivity contribution in [3.8, 4) is 11.1 Å². The molecule has 0 amide bonds. The van der Waals surface area contributed by atoms with Crippen LogP contribution in [0.15, 0.2) is 72.8 Å². The van der Waals surface area contributed by atoms with E-state index in [0.29, 0.717) is 11.1 Å². The molecule has 24 heavy (non-hydrogen) atoms. The van der Waals surface area contributed by atoms with Gasteiger partial charge in [0.15, 0.2) is 0 Å². The average Bonchev–Trinajstić information content (AvgIpc) is 2.65. The Bertz CT molecular complexity index is 1190. The Morgan fingerprint density at radius 2 is 1.12 bits per heavy atom. The number of Topliss-reactive ketones (excluding diaryl/α,β-unsaturated/α-hetero) is 2. The lowest BCUT2D eigenvalue weighted by Gasteiger charge is -2.19. The van der Waals surface area contributed by atoms with Gasteiger partial charge < -0.3 is 0 Å². The number of carbonyl (C=O) groups excluding carboxylic acids is 2. The van der Waals surface area contributed by atoms with Crippen molar-refractivity contribution >= 4 is 33.1 Å². The fourth-order valence-electron chi connectivity index (χ4n) is 3.63. The fourth-order valence-corrected chi connectivity index (χ4v) is 3.63. The average molecular weight is 308 g/mol. The number of fused-ring (bicyclic) bond motifs is 6. The molecule has 0 unspecified atom stereocenters. The van der Waals surface area contributed by atoms with Crippen molar-refractivity contribution in [3.05, 3.63) is 83.9 Å². The highest BCUT2D eigenvalue weighted by molar-refractivity contribution is 6.53. The predicted molar refractivity (Wildman–Crippen MR) is 95.6 cm³/mol. The van der Waals surface area contributed by atoms with Gasteiger partial charge in [0.05, 0.1) is 0 Å². The monoisotopic (exact) mass is 308 g/mol. The summed E-state index contributed by atoms with van der Waals surface area (Å²) in [6.07, 6.45) is 0. The van der Waals surface area contributed by atoms with Gasteiger partial charge in [-0.25, -0.2) is 0 Å². The molecule has 1 aliphatic carbocycles. The van der Waals surface area contributed by atoms with Gasteiger partial charge in [-0.2, -0.15) is 0 Å². The molecule has 0 saturated heterocycles. The van der Waals surface area contributed by atoms with Crippen molar-refractivity contribution in [1.82, 2.24) is 0 Å². The van der Waals surface area contributed by atoms with Gasteiger partial charge >= 0.3 is 0 Å². The van der Waals surface area contributed by atoms with Crippen LogP contribution in [0.5, 0.6) is 0 Å². The van der Waals surface area contributed by atoms with Crippen LogP contribution in [0.4, 0.5) is 0 Å². The third kappa shape index (κ3) is 1.65. The van der Waals surface area contributed by atoms with Gasteiger partial charge in [0.1, 0.15) is 0 Å². The second-order valence-electron chi connectivity index (χ2n) is 6.11. The first-order valence-corrected chi connectivity index (χ1v) is 7.88. The summed E-state index contributed by atoms with van der Waals surface area (Å²) >= 11 is 0. The van der Waals surface area contributed by atoms with E-state index in [0.717, 1.165) is 32.7 Å². The number of carbonyl (C=O) groups is 2. The van der Waals surface area contributed by atoms with E-state index in [1.54, 1.807) is 12.1 Å². The van der Waals surface area contributed by atoms with Crippen molar-refractivity contribution in [2.75, 3.05) is 0 Å². The van der Waals surface area contributed by atoms with Crippen molar-refractivity contribution in [3.63, 3.8) is 0 Å². The van der Waals surface area contributed by atoms with Gasteiger partial charge in [-0.3, -0.25) is 9.59 Å². The number of benzene rings is 4. The molecular weight excluding hydrogens is 296 g/mol.